The third-order valence-electron chi connectivity index (χ3n) is 8.64. The number of hydrogen-bond acceptors (Lipinski definition) is 6. The fraction of sp³-hybridized carbons (Fsp3) is 1.00. The predicted molar refractivity (Wildman–Crippen MR) is 118 cm³/mol. The maximum absolute atomic E-state index is 13.5. The summed E-state index contributed by atoms with van der Waals surface area (Å²) in [6.45, 7) is 1.72. The van der Waals surface area contributed by atoms with Crippen molar-refractivity contribution < 1.29 is 26.3 Å². The van der Waals surface area contributed by atoms with Gasteiger partial charge < -0.3 is 9.47 Å². The zero-order valence-corrected chi connectivity index (χ0v) is 20.0. The lowest BCUT2D eigenvalue weighted by Crippen LogP contribution is -2.50. The molecule has 6 atom stereocenters. The molecule has 0 spiro atoms. The van der Waals surface area contributed by atoms with Crippen LogP contribution in [0, 0.1) is 5.92 Å². The van der Waals surface area contributed by atoms with Gasteiger partial charge in [-0.05, 0) is 63.7 Å². The summed E-state index contributed by atoms with van der Waals surface area (Å²) in [6.07, 6.45) is 9.28. The third kappa shape index (κ3) is 4.22. The van der Waals surface area contributed by atoms with Gasteiger partial charge in [0.05, 0.1) is 41.2 Å². The SMILES string of the molecule is O=S(=O)(C1CCC2C(CCN2S(=O)(=O)C2CCCCC2)C1)C1CCC2OCCOC2C1. The van der Waals surface area contributed by atoms with Gasteiger partial charge in [-0.25, -0.2) is 16.8 Å². The van der Waals surface area contributed by atoms with E-state index in [2.05, 4.69) is 0 Å². The molecule has 0 amide bonds. The highest BCUT2D eigenvalue weighted by Gasteiger charge is 2.50. The van der Waals surface area contributed by atoms with Crippen molar-refractivity contribution in [3.8, 4) is 0 Å². The van der Waals surface area contributed by atoms with Crippen LogP contribution in [0.4, 0.5) is 0 Å². The molecular weight excluding hydrogens is 438 g/mol. The topological polar surface area (TPSA) is 90.0 Å². The molecule has 5 fully saturated rings. The predicted octanol–water partition coefficient (Wildman–Crippen LogP) is 2.64. The van der Waals surface area contributed by atoms with Gasteiger partial charge in [0.15, 0.2) is 9.84 Å². The lowest BCUT2D eigenvalue weighted by molar-refractivity contribution is -0.153. The second-order valence-corrected chi connectivity index (χ2v) is 15.0. The van der Waals surface area contributed by atoms with E-state index in [1.54, 1.807) is 4.31 Å². The summed E-state index contributed by atoms with van der Waals surface area (Å²) >= 11 is 0. The molecule has 0 aromatic heterocycles. The first-order valence-corrected chi connectivity index (χ1v) is 15.4. The van der Waals surface area contributed by atoms with Crippen molar-refractivity contribution in [2.45, 2.75) is 111 Å². The third-order valence-corrected chi connectivity index (χ3v) is 13.8. The Hall–Kier alpha value is -0.220. The van der Waals surface area contributed by atoms with Crippen LogP contribution in [-0.2, 0) is 29.3 Å². The van der Waals surface area contributed by atoms with Gasteiger partial charge in [0, 0.05) is 12.6 Å². The largest absolute Gasteiger partial charge is 0.373 e. The molecule has 2 saturated heterocycles. The van der Waals surface area contributed by atoms with Crippen molar-refractivity contribution in [1.29, 1.82) is 0 Å². The molecule has 2 heterocycles. The van der Waals surface area contributed by atoms with Crippen molar-refractivity contribution >= 4 is 19.9 Å². The fourth-order valence-electron chi connectivity index (χ4n) is 6.92. The molecule has 0 radical (unpaired) electrons. The van der Waals surface area contributed by atoms with Gasteiger partial charge in [-0.1, -0.05) is 19.3 Å². The minimum Gasteiger partial charge on any atom is -0.373 e. The summed E-state index contributed by atoms with van der Waals surface area (Å²) in [6, 6.07) is 0.00388. The molecule has 3 saturated carbocycles. The van der Waals surface area contributed by atoms with E-state index >= 15 is 0 Å². The Balaban J connectivity index is 1.24. The van der Waals surface area contributed by atoms with E-state index in [1.807, 2.05) is 0 Å². The molecule has 0 bridgehead atoms. The Labute approximate surface area is 187 Å². The van der Waals surface area contributed by atoms with Crippen LogP contribution >= 0.6 is 0 Å². The summed E-state index contributed by atoms with van der Waals surface area (Å²) in [5.74, 6) is 0.178. The number of nitrogens with zero attached hydrogens (tertiary/aromatic N) is 1. The van der Waals surface area contributed by atoms with Crippen molar-refractivity contribution in [1.82, 2.24) is 4.31 Å². The number of sulfonamides is 1. The smallest absolute Gasteiger partial charge is 0.217 e. The molecule has 5 rings (SSSR count). The number of ether oxygens (including phenoxy) is 2. The molecular formula is C22H37NO6S2. The van der Waals surface area contributed by atoms with Gasteiger partial charge in [-0.3, -0.25) is 0 Å². The number of rotatable bonds is 4. The van der Waals surface area contributed by atoms with Crippen molar-refractivity contribution in [2.24, 2.45) is 5.92 Å². The van der Waals surface area contributed by atoms with Crippen LogP contribution in [0.2, 0.25) is 0 Å². The molecule has 31 heavy (non-hydrogen) atoms. The average Bonchev–Trinajstić information content (AvgIpc) is 3.23. The van der Waals surface area contributed by atoms with Gasteiger partial charge in [0.2, 0.25) is 10.0 Å². The summed E-state index contributed by atoms with van der Waals surface area (Å²) in [5.41, 5.74) is 0. The summed E-state index contributed by atoms with van der Waals surface area (Å²) in [5, 5.41) is -0.910. The summed E-state index contributed by atoms with van der Waals surface area (Å²) in [7, 11) is -6.52. The molecule has 5 aliphatic rings. The maximum atomic E-state index is 13.5. The first-order valence-electron chi connectivity index (χ1n) is 12.3. The quantitative estimate of drug-likeness (QED) is 0.621. The van der Waals surface area contributed by atoms with E-state index in [-0.39, 0.29) is 39.9 Å². The van der Waals surface area contributed by atoms with Gasteiger partial charge in [-0.2, -0.15) is 4.31 Å². The number of hydrogen-bond donors (Lipinski definition) is 0. The van der Waals surface area contributed by atoms with Gasteiger partial charge in [0.25, 0.3) is 0 Å². The molecule has 0 N–H and O–H groups in total. The monoisotopic (exact) mass is 475 g/mol. The Bertz CT molecular complexity index is 853. The van der Waals surface area contributed by atoms with Crippen LogP contribution in [-0.4, -0.2) is 74.9 Å². The lowest BCUT2D eigenvalue weighted by atomic mass is 9.85. The van der Waals surface area contributed by atoms with Gasteiger partial charge in [-0.15, -0.1) is 0 Å². The standard InChI is InChI=1S/C22H37NO6S2/c24-30(25,19-7-9-21-22(15-19)29-13-12-28-21)18-6-8-20-16(14-18)10-11-23(20)31(26,27)17-4-2-1-3-5-17/h16-22H,1-15H2. The Morgan fingerprint density at radius 1 is 0.645 bits per heavy atom. The van der Waals surface area contributed by atoms with Crippen LogP contribution in [0.3, 0.4) is 0 Å². The van der Waals surface area contributed by atoms with Gasteiger partial charge in [0.1, 0.15) is 0 Å². The molecule has 0 aromatic rings. The minimum absolute atomic E-state index is 0.00388. The van der Waals surface area contributed by atoms with E-state index in [9.17, 15) is 16.8 Å². The van der Waals surface area contributed by atoms with Crippen molar-refractivity contribution in [2.75, 3.05) is 19.8 Å². The summed E-state index contributed by atoms with van der Waals surface area (Å²) < 4.78 is 66.9. The zero-order valence-electron chi connectivity index (χ0n) is 18.4. The van der Waals surface area contributed by atoms with Crippen LogP contribution in [0.15, 0.2) is 0 Å². The van der Waals surface area contributed by atoms with Crippen LogP contribution < -0.4 is 0 Å². The Morgan fingerprint density at radius 2 is 1.32 bits per heavy atom. The zero-order chi connectivity index (χ0) is 21.6. The van der Waals surface area contributed by atoms with Crippen molar-refractivity contribution in [3.63, 3.8) is 0 Å². The highest BCUT2D eigenvalue weighted by atomic mass is 32.2. The van der Waals surface area contributed by atoms with Gasteiger partial charge >= 0.3 is 0 Å². The Morgan fingerprint density at radius 3 is 2.10 bits per heavy atom. The molecule has 9 heteroatoms. The van der Waals surface area contributed by atoms with Crippen molar-refractivity contribution in [3.05, 3.63) is 0 Å². The van der Waals surface area contributed by atoms with E-state index in [0.717, 1.165) is 44.9 Å². The molecule has 178 valence electrons. The molecule has 0 aromatic carbocycles. The first kappa shape index (κ1) is 22.6. The number of fused-ring (bicyclic) bond motifs is 2. The highest BCUT2D eigenvalue weighted by molar-refractivity contribution is 7.92. The maximum Gasteiger partial charge on any atom is 0.217 e. The molecule has 3 aliphatic carbocycles. The molecule has 6 unspecified atom stereocenters. The van der Waals surface area contributed by atoms with Crippen LogP contribution in [0.25, 0.3) is 0 Å². The molecule has 2 aliphatic heterocycles. The second kappa shape index (κ2) is 8.85. The van der Waals surface area contributed by atoms with E-state index in [0.29, 0.717) is 51.9 Å². The second-order valence-electron chi connectivity index (χ2n) is 10.3. The minimum atomic E-state index is -3.27. The summed E-state index contributed by atoms with van der Waals surface area (Å²) in [4.78, 5) is 0. The average molecular weight is 476 g/mol. The number of sulfone groups is 1. The Kier molecular flexibility index (Phi) is 6.45. The lowest BCUT2D eigenvalue weighted by Gasteiger charge is -2.41. The van der Waals surface area contributed by atoms with Crippen LogP contribution in [0.1, 0.15) is 77.0 Å². The van der Waals surface area contributed by atoms with E-state index in [1.165, 1.54) is 0 Å². The van der Waals surface area contributed by atoms with E-state index < -0.39 is 19.9 Å². The normalized spacial score (nSPS) is 40.9. The first-order chi connectivity index (χ1) is 14.9. The van der Waals surface area contributed by atoms with E-state index in [4.69, 9.17) is 9.47 Å². The van der Waals surface area contributed by atoms with Crippen LogP contribution in [0.5, 0.6) is 0 Å². The molecule has 7 nitrogen and oxygen atoms in total. The highest BCUT2D eigenvalue weighted by Crippen LogP contribution is 2.43. The fourth-order valence-corrected chi connectivity index (χ4v) is 11.7.